The number of carbonyl (C=O) groups is 2. The summed E-state index contributed by atoms with van der Waals surface area (Å²) < 4.78 is 0. The summed E-state index contributed by atoms with van der Waals surface area (Å²) in [6, 6.07) is 9.39. The third kappa shape index (κ3) is 5.53. The van der Waals surface area contributed by atoms with Gasteiger partial charge in [0.1, 0.15) is 0 Å². The van der Waals surface area contributed by atoms with Crippen LogP contribution >= 0.6 is 11.3 Å². The number of hydrogen-bond acceptors (Lipinski definition) is 4. The molecule has 0 radical (unpaired) electrons. The quantitative estimate of drug-likeness (QED) is 0.637. The van der Waals surface area contributed by atoms with Gasteiger partial charge in [-0.05, 0) is 47.0 Å². The van der Waals surface area contributed by atoms with Gasteiger partial charge in [0.2, 0.25) is 0 Å². The lowest BCUT2D eigenvalue weighted by Crippen LogP contribution is -2.34. The van der Waals surface area contributed by atoms with Crippen molar-refractivity contribution in [2.45, 2.75) is 33.1 Å². The summed E-state index contributed by atoms with van der Waals surface area (Å²) in [6.07, 6.45) is 1.60. The minimum absolute atomic E-state index is 0.0355. The van der Waals surface area contributed by atoms with E-state index in [1.54, 1.807) is 29.7 Å². The van der Waals surface area contributed by atoms with Crippen molar-refractivity contribution in [3.05, 3.63) is 57.3 Å². The monoisotopic (exact) mass is 357 g/mol. The lowest BCUT2D eigenvalue weighted by Gasteiger charge is -2.19. The Morgan fingerprint density at radius 1 is 1.16 bits per heavy atom. The SMILES string of the molecule is Cc1ccsc1/C=N\NC(=O)CNC(=O)c1ccc(C(C)(C)C)cc1. The first-order chi connectivity index (χ1) is 11.8. The van der Waals surface area contributed by atoms with Crippen molar-refractivity contribution in [1.29, 1.82) is 0 Å². The van der Waals surface area contributed by atoms with Crippen molar-refractivity contribution in [3.8, 4) is 0 Å². The highest BCUT2D eigenvalue weighted by Gasteiger charge is 2.14. The molecule has 0 atom stereocenters. The first-order valence-electron chi connectivity index (χ1n) is 8.02. The molecule has 6 heteroatoms. The molecule has 25 heavy (non-hydrogen) atoms. The standard InChI is InChI=1S/C19H23N3O2S/c1-13-9-10-25-16(13)11-21-22-17(23)12-20-18(24)14-5-7-15(8-6-14)19(2,3)4/h5-11H,12H2,1-4H3,(H,20,24)(H,22,23)/b21-11-. The topological polar surface area (TPSA) is 70.6 Å². The summed E-state index contributed by atoms with van der Waals surface area (Å²) in [7, 11) is 0. The smallest absolute Gasteiger partial charge is 0.259 e. The van der Waals surface area contributed by atoms with E-state index >= 15 is 0 Å². The summed E-state index contributed by atoms with van der Waals surface area (Å²) in [5.41, 5.74) is 5.23. The van der Waals surface area contributed by atoms with Crippen LogP contribution in [0.25, 0.3) is 0 Å². The molecule has 0 spiro atoms. The second-order valence-corrected chi connectivity index (χ2v) is 7.72. The number of hydrogen-bond donors (Lipinski definition) is 2. The molecule has 2 rings (SSSR count). The lowest BCUT2D eigenvalue weighted by molar-refractivity contribution is -0.120. The molecule has 1 heterocycles. The van der Waals surface area contributed by atoms with Crippen LogP contribution in [0.1, 0.15) is 47.1 Å². The molecule has 1 aromatic carbocycles. The molecule has 132 valence electrons. The maximum atomic E-state index is 12.1. The van der Waals surface area contributed by atoms with E-state index in [-0.39, 0.29) is 23.8 Å². The number of rotatable bonds is 5. The van der Waals surface area contributed by atoms with Crippen LogP contribution in [-0.4, -0.2) is 24.6 Å². The molecular formula is C19H23N3O2S. The molecule has 5 nitrogen and oxygen atoms in total. The summed E-state index contributed by atoms with van der Waals surface area (Å²) in [5.74, 6) is -0.654. The van der Waals surface area contributed by atoms with Gasteiger partial charge in [-0.2, -0.15) is 5.10 Å². The van der Waals surface area contributed by atoms with Gasteiger partial charge in [0.05, 0.1) is 12.8 Å². The van der Waals surface area contributed by atoms with Gasteiger partial charge in [0.25, 0.3) is 11.8 Å². The summed E-state index contributed by atoms with van der Waals surface area (Å²) in [6.45, 7) is 8.20. The first-order valence-corrected chi connectivity index (χ1v) is 8.90. The van der Waals surface area contributed by atoms with E-state index in [4.69, 9.17) is 0 Å². The summed E-state index contributed by atoms with van der Waals surface area (Å²) in [4.78, 5) is 24.8. The van der Waals surface area contributed by atoms with Gasteiger partial charge >= 0.3 is 0 Å². The maximum absolute atomic E-state index is 12.1. The fourth-order valence-corrected chi connectivity index (χ4v) is 2.89. The van der Waals surface area contributed by atoms with E-state index in [0.29, 0.717) is 5.56 Å². The molecule has 2 aromatic rings. The van der Waals surface area contributed by atoms with Crippen molar-refractivity contribution in [1.82, 2.24) is 10.7 Å². The molecule has 0 saturated carbocycles. The van der Waals surface area contributed by atoms with E-state index in [1.165, 1.54) is 0 Å². The van der Waals surface area contributed by atoms with Crippen LogP contribution in [0.15, 0.2) is 40.8 Å². The molecule has 0 fully saturated rings. The van der Waals surface area contributed by atoms with Crippen molar-refractivity contribution >= 4 is 29.4 Å². The molecule has 0 aliphatic rings. The van der Waals surface area contributed by atoms with Gasteiger partial charge in [-0.15, -0.1) is 11.3 Å². The molecule has 0 aliphatic heterocycles. The van der Waals surface area contributed by atoms with Gasteiger partial charge < -0.3 is 5.32 Å². The van der Waals surface area contributed by atoms with Gasteiger partial charge in [-0.25, -0.2) is 5.43 Å². The normalized spacial score (nSPS) is 11.5. The Morgan fingerprint density at radius 3 is 2.40 bits per heavy atom. The highest BCUT2D eigenvalue weighted by molar-refractivity contribution is 7.11. The molecule has 0 saturated heterocycles. The molecule has 0 bridgehead atoms. The van der Waals surface area contributed by atoms with Gasteiger partial charge in [-0.1, -0.05) is 32.9 Å². The number of amides is 2. The highest BCUT2D eigenvalue weighted by atomic mass is 32.1. The second kappa shape index (κ2) is 8.07. The van der Waals surface area contributed by atoms with E-state index in [9.17, 15) is 9.59 Å². The number of thiophene rings is 1. The summed E-state index contributed by atoms with van der Waals surface area (Å²) in [5, 5.41) is 8.45. The Bertz CT molecular complexity index is 771. The molecule has 2 amide bonds. The van der Waals surface area contributed by atoms with Gasteiger partial charge in [0.15, 0.2) is 0 Å². The van der Waals surface area contributed by atoms with Crippen LogP contribution in [-0.2, 0) is 10.2 Å². The predicted octanol–water partition coefficient (Wildman–Crippen LogP) is 3.23. The Morgan fingerprint density at radius 2 is 1.84 bits per heavy atom. The van der Waals surface area contributed by atoms with Crippen molar-refractivity contribution in [2.75, 3.05) is 6.54 Å². The predicted molar refractivity (Wildman–Crippen MR) is 102 cm³/mol. The van der Waals surface area contributed by atoms with E-state index < -0.39 is 0 Å². The summed E-state index contributed by atoms with van der Waals surface area (Å²) >= 11 is 1.55. The van der Waals surface area contributed by atoms with Crippen molar-refractivity contribution in [3.63, 3.8) is 0 Å². The minimum Gasteiger partial charge on any atom is -0.343 e. The largest absolute Gasteiger partial charge is 0.343 e. The zero-order valence-electron chi connectivity index (χ0n) is 14.9. The number of aryl methyl sites for hydroxylation is 1. The van der Waals surface area contributed by atoms with E-state index in [2.05, 4.69) is 36.6 Å². The molecule has 1 aromatic heterocycles. The number of nitrogens with zero attached hydrogens (tertiary/aromatic N) is 1. The Labute approximate surface area is 152 Å². The second-order valence-electron chi connectivity index (χ2n) is 6.77. The van der Waals surface area contributed by atoms with Crippen LogP contribution < -0.4 is 10.7 Å². The fraction of sp³-hybridized carbons (Fsp3) is 0.316. The highest BCUT2D eigenvalue weighted by Crippen LogP contribution is 2.22. The van der Waals surface area contributed by atoms with Crippen LogP contribution in [0.2, 0.25) is 0 Å². The fourth-order valence-electron chi connectivity index (χ4n) is 2.10. The Balaban J connectivity index is 1.82. The number of hydrazone groups is 1. The number of nitrogens with one attached hydrogen (secondary N) is 2. The Kier molecular flexibility index (Phi) is 6.09. The average molecular weight is 357 g/mol. The molecular weight excluding hydrogens is 334 g/mol. The zero-order chi connectivity index (χ0) is 18.4. The van der Waals surface area contributed by atoms with Crippen LogP contribution in [0.4, 0.5) is 0 Å². The third-order valence-corrected chi connectivity index (χ3v) is 4.65. The lowest BCUT2D eigenvalue weighted by atomic mass is 9.87. The molecule has 0 aliphatic carbocycles. The molecule has 2 N–H and O–H groups in total. The number of carbonyl (C=O) groups excluding carboxylic acids is 2. The van der Waals surface area contributed by atoms with Crippen LogP contribution in [0, 0.1) is 6.92 Å². The van der Waals surface area contributed by atoms with Crippen molar-refractivity contribution < 1.29 is 9.59 Å². The maximum Gasteiger partial charge on any atom is 0.259 e. The zero-order valence-corrected chi connectivity index (χ0v) is 15.7. The van der Waals surface area contributed by atoms with E-state index in [0.717, 1.165) is 16.0 Å². The van der Waals surface area contributed by atoms with Crippen molar-refractivity contribution in [2.24, 2.45) is 5.10 Å². The number of benzene rings is 1. The van der Waals surface area contributed by atoms with Gasteiger partial charge in [-0.3, -0.25) is 9.59 Å². The molecule has 0 unspecified atom stereocenters. The first kappa shape index (κ1) is 18.9. The third-order valence-electron chi connectivity index (χ3n) is 3.70. The van der Waals surface area contributed by atoms with Gasteiger partial charge in [0, 0.05) is 10.4 Å². The average Bonchev–Trinajstić information content (AvgIpc) is 2.97. The van der Waals surface area contributed by atoms with Crippen LogP contribution in [0.5, 0.6) is 0 Å². The minimum atomic E-state index is -0.370. The van der Waals surface area contributed by atoms with E-state index in [1.807, 2.05) is 30.5 Å². The Hall–Kier alpha value is -2.47. The van der Waals surface area contributed by atoms with Crippen LogP contribution in [0.3, 0.4) is 0 Å².